The van der Waals surface area contributed by atoms with E-state index < -0.39 is 0 Å². The van der Waals surface area contributed by atoms with Gasteiger partial charge in [0.25, 0.3) is 0 Å². The normalized spacial score (nSPS) is 12.4. The van der Waals surface area contributed by atoms with Gasteiger partial charge in [-0.3, -0.25) is 4.90 Å². The smallest absolute Gasteiger partial charge is 0.120 e. The molecule has 0 spiro atoms. The molecule has 21 heavy (non-hydrogen) atoms. The van der Waals surface area contributed by atoms with Crippen LogP contribution in [0, 0.1) is 0 Å². The van der Waals surface area contributed by atoms with Gasteiger partial charge in [0.1, 0.15) is 5.75 Å². The van der Waals surface area contributed by atoms with Crippen LogP contribution in [0.3, 0.4) is 0 Å². The molecule has 2 rings (SSSR count). The van der Waals surface area contributed by atoms with E-state index in [4.69, 9.17) is 22.1 Å². The predicted molar refractivity (Wildman–Crippen MR) is 88.7 cm³/mol. The molecule has 0 amide bonds. The Morgan fingerprint density at radius 1 is 1.24 bits per heavy atom. The van der Waals surface area contributed by atoms with Gasteiger partial charge < -0.3 is 10.5 Å². The summed E-state index contributed by atoms with van der Waals surface area (Å²) in [4.78, 5) is 2.24. The van der Waals surface area contributed by atoms with Crippen molar-refractivity contribution in [2.75, 3.05) is 19.9 Å². The van der Waals surface area contributed by atoms with E-state index in [9.17, 15) is 0 Å². The summed E-state index contributed by atoms with van der Waals surface area (Å²) in [6, 6.07) is 14.0. The first kappa shape index (κ1) is 15.7. The van der Waals surface area contributed by atoms with Gasteiger partial charge in [0.15, 0.2) is 0 Å². The Labute approximate surface area is 131 Å². The van der Waals surface area contributed by atoms with E-state index in [1.165, 1.54) is 5.56 Å². The monoisotopic (exact) mass is 304 g/mol. The highest BCUT2D eigenvalue weighted by Crippen LogP contribution is 2.26. The van der Waals surface area contributed by atoms with Gasteiger partial charge in [-0.15, -0.1) is 0 Å². The number of nitrogen functional groups attached to an aromatic ring is 1. The average molecular weight is 305 g/mol. The molecule has 0 aliphatic carbocycles. The van der Waals surface area contributed by atoms with Crippen molar-refractivity contribution >= 4 is 17.3 Å². The standard InChI is InChI=1S/C17H21ClN2O/c1-12(13-5-4-6-15(18)9-13)20(2)11-14-7-8-16(21-3)10-17(14)19/h4-10,12H,11,19H2,1-3H3. The van der Waals surface area contributed by atoms with E-state index in [2.05, 4.69) is 24.9 Å². The van der Waals surface area contributed by atoms with E-state index in [-0.39, 0.29) is 6.04 Å². The lowest BCUT2D eigenvalue weighted by Crippen LogP contribution is -2.22. The molecule has 0 saturated heterocycles. The first-order chi connectivity index (χ1) is 10.0. The van der Waals surface area contributed by atoms with Crippen LogP contribution in [0.2, 0.25) is 5.02 Å². The second-order valence-corrected chi connectivity index (χ2v) is 5.65. The lowest BCUT2D eigenvalue weighted by molar-refractivity contribution is 0.253. The van der Waals surface area contributed by atoms with E-state index in [0.29, 0.717) is 0 Å². The topological polar surface area (TPSA) is 38.5 Å². The lowest BCUT2D eigenvalue weighted by Gasteiger charge is -2.26. The minimum Gasteiger partial charge on any atom is -0.497 e. The Hall–Kier alpha value is -1.71. The molecule has 2 N–H and O–H groups in total. The zero-order valence-electron chi connectivity index (χ0n) is 12.6. The van der Waals surface area contributed by atoms with Crippen LogP contribution in [0.25, 0.3) is 0 Å². The third-order valence-electron chi connectivity index (χ3n) is 3.77. The fourth-order valence-electron chi connectivity index (χ4n) is 2.27. The van der Waals surface area contributed by atoms with Gasteiger partial charge in [-0.05, 0) is 43.3 Å². The summed E-state index contributed by atoms with van der Waals surface area (Å²) >= 11 is 6.06. The summed E-state index contributed by atoms with van der Waals surface area (Å²) in [6.45, 7) is 2.93. The Morgan fingerprint density at radius 3 is 2.62 bits per heavy atom. The molecule has 0 bridgehead atoms. The largest absolute Gasteiger partial charge is 0.497 e. The molecule has 1 atom stereocenters. The molecule has 112 valence electrons. The van der Waals surface area contributed by atoms with E-state index >= 15 is 0 Å². The maximum atomic E-state index is 6.08. The zero-order valence-corrected chi connectivity index (χ0v) is 13.4. The summed E-state index contributed by atoms with van der Waals surface area (Å²) in [5.74, 6) is 0.779. The maximum absolute atomic E-state index is 6.08. The molecule has 0 aromatic heterocycles. The Balaban J connectivity index is 2.12. The molecular formula is C17H21ClN2O. The number of methoxy groups -OCH3 is 1. The van der Waals surface area contributed by atoms with Crippen molar-refractivity contribution in [3.05, 3.63) is 58.6 Å². The van der Waals surface area contributed by atoms with E-state index in [1.807, 2.05) is 36.4 Å². The van der Waals surface area contributed by atoms with Crippen molar-refractivity contribution < 1.29 is 4.74 Å². The van der Waals surface area contributed by atoms with E-state index in [1.54, 1.807) is 7.11 Å². The number of nitrogens with zero attached hydrogens (tertiary/aromatic N) is 1. The van der Waals surface area contributed by atoms with Crippen LogP contribution < -0.4 is 10.5 Å². The van der Waals surface area contributed by atoms with Crippen LogP contribution in [0.15, 0.2) is 42.5 Å². The number of anilines is 1. The lowest BCUT2D eigenvalue weighted by atomic mass is 10.1. The highest BCUT2D eigenvalue weighted by atomic mass is 35.5. The molecule has 2 aromatic rings. The van der Waals surface area contributed by atoms with Crippen molar-refractivity contribution in [2.45, 2.75) is 19.5 Å². The fraction of sp³-hybridized carbons (Fsp3) is 0.294. The zero-order chi connectivity index (χ0) is 15.4. The molecule has 2 aromatic carbocycles. The van der Waals surface area contributed by atoms with Crippen LogP contribution in [0.4, 0.5) is 5.69 Å². The van der Waals surface area contributed by atoms with Gasteiger partial charge in [0, 0.05) is 29.4 Å². The van der Waals surface area contributed by atoms with Crippen molar-refractivity contribution in [1.29, 1.82) is 0 Å². The van der Waals surface area contributed by atoms with Crippen LogP contribution in [0.1, 0.15) is 24.1 Å². The second-order valence-electron chi connectivity index (χ2n) is 5.21. The van der Waals surface area contributed by atoms with Crippen molar-refractivity contribution in [3.8, 4) is 5.75 Å². The molecule has 1 unspecified atom stereocenters. The number of rotatable bonds is 5. The summed E-state index contributed by atoms with van der Waals surface area (Å²) in [7, 11) is 3.72. The molecule has 3 nitrogen and oxygen atoms in total. The van der Waals surface area contributed by atoms with Crippen molar-refractivity contribution in [3.63, 3.8) is 0 Å². The maximum Gasteiger partial charge on any atom is 0.120 e. The first-order valence-corrected chi connectivity index (χ1v) is 7.27. The summed E-state index contributed by atoms with van der Waals surface area (Å²) in [6.07, 6.45) is 0. The molecule has 0 aliphatic rings. The number of hydrogen-bond acceptors (Lipinski definition) is 3. The third kappa shape index (κ3) is 3.90. The Morgan fingerprint density at radius 2 is 2.00 bits per heavy atom. The van der Waals surface area contributed by atoms with Gasteiger partial charge >= 0.3 is 0 Å². The summed E-state index contributed by atoms with van der Waals surface area (Å²) in [5, 5.41) is 0.761. The SMILES string of the molecule is COc1ccc(CN(C)C(C)c2cccc(Cl)c2)c(N)c1. The van der Waals surface area contributed by atoms with Crippen molar-refractivity contribution in [2.24, 2.45) is 0 Å². The van der Waals surface area contributed by atoms with E-state index in [0.717, 1.165) is 28.6 Å². The molecule has 0 radical (unpaired) electrons. The quantitative estimate of drug-likeness (QED) is 0.844. The van der Waals surface area contributed by atoms with Crippen molar-refractivity contribution in [1.82, 2.24) is 4.90 Å². The predicted octanol–water partition coefficient (Wildman–Crippen LogP) is 4.12. The first-order valence-electron chi connectivity index (χ1n) is 6.89. The molecule has 0 heterocycles. The molecule has 0 fully saturated rings. The highest BCUT2D eigenvalue weighted by molar-refractivity contribution is 6.30. The number of hydrogen-bond donors (Lipinski definition) is 1. The van der Waals surface area contributed by atoms with Gasteiger partial charge in [0.05, 0.1) is 7.11 Å². The number of nitrogens with two attached hydrogens (primary N) is 1. The minimum absolute atomic E-state index is 0.255. The highest BCUT2D eigenvalue weighted by Gasteiger charge is 2.13. The number of benzene rings is 2. The average Bonchev–Trinajstić information content (AvgIpc) is 2.48. The van der Waals surface area contributed by atoms with Crippen LogP contribution in [-0.4, -0.2) is 19.1 Å². The van der Waals surface area contributed by atoms with Gasteiger partial charge in [0.2, 0.25) is 0 Å². The Bertz CT molecular complexity index is 615. The fourth-order valence-corrected chi connectivity index (χ4v) is 2.47. The Kier molecular flexibility index (Phi) is 5.10. The van der Waals surface area contributed by atoms with Crippen LogP contribution in [0.5, 0.6) is 5.75 Å². The summed E-state index contributed by atoms with van der Waals surface area (Å²) in [5.41, 5.74) is 9.11. The minimum atomic E-state index is 0.255. The molecule has 0 aliphatic heterocycles. The number of ether oxygens (including phenoxy) is 1. The van der Waals surface area contributed by atoms with Crippen LogP contribution in [-0.2, 0) is 6.54 Å². The second kappa shape index (κ2) is 6.83. The van der Waals surface area contributed by atoms with Gasteiger partial charge in [-0.2, -0.15) is 0 Å². The molecule has 4 heteroatoms. The van der Waals surface area contributed by atoms with Crippen LogP contribution >= 0.6 is 11.6 Å². The molecule has 0 saturated carbocycles. The molecular weight excluding hydrogens is 284 g/mol. The third-order valence-corrected chi connectivity index (χ3v) is 4.00. The number of halogens is 1. The van der Waals surface area contributed by atoms with Gasteiger partial charge in [-0.1, -0.05) is 29.8 Å². The van der Waals surface area contributed by atoms with Gasteiger partial charge in [-0.25, -0.2) is 0 Å². The summed E-state index contributed by atoms with van der Waals surface area (Å²) < 4.78 is 5.18.